The Morgan fingerprint density at radius 2 is 1.76 bits per heavy atom. The van der Waals surface area contributed by atoms with E-state index in [0.717, 1.165) is 19.5 Å². The van der Waals surface area contributed by atoms with Gasteiger partial charge in [0.15, 0.2) is 0 Å². The number of hydrogen-bond donors (Lipinski definition) is 1. The van der Waals surface area contributed by atoms with Crippen LogP contribution in [0.2, 0.25) is 0 Å². The third-order valence-electron chi connectivity index (χ3n) is 4.01. The smallest absolute Gasteiger partial charge is 0.407 e. The van der Waals surface area contributed by atoms with Crippen LogP contribution in [0.25, 0.3) is 0 Å². The highest BCUT2D eigenvalue weighted by molar-refractivity contribution is 5.64. The largest absolute Gasteiger partial charge is 0.465 e. The van der Waals surface area contributed by atoms with Gasteiger partial charge in [0.25, 0.3) is 0 Å². The minimum absolute atomic E-state index is 0.667. The second kappa shape index (κ2) is 5.69. The molecule has 0 atom stereocenters. The zero-order valence-electron chi connectivity index (χ0n) is 10.6. The molecular formula is C12H23N3O2. The van der Waals surface area contributed by atoms with Gasteiger partial charge in [-0.3, -0.25) is 4.90 Å². The van der Waals surface area contributed by atoms with E-state index in [1.54, 1.807) is 4.90 Å². The van der Waals surface area contributed by atoms with Gasteiger partial charge in [-0.1, -0.05) is 0 Å². The van der Waals surface area contributed by atoms with E-state index >= 15 is 0 Å². The number of nitrogens with zero attached hydrogens (tertiary/aromatic N) is 3. The molecule has 5 nitrogen and oxygen atoms in total. The zero-order chi connectivity index (χ0) is 12.3. The Hall–Kier alpha value is -0.810. The first-order valence-electron chi connectivity index (χ1n) is 6.57. The maximum Gasteiger partial charge on any atom is 0.407 e. The van der Waals surface area contributed by atoms with Crippen LogP contribution in [-0.4, -0.2) is 78.3 Å². The second-order valence-electron chi connectivity index (χ2n) is 5.19. The van der Waals surface area contributed by atoms with Crippen LogP contribution in [0.5, 0.6) is 0 Å². The minimum Gasteiger partial charge on any atom is -0.465 e. The predicted molar refractivity (Wildman–Crippen MR) is 66.3 cm³/mol. The molecule has 1 N–H and O–H groups in total. The number of amides is 1. The fourth-order valence-electron chi connectivity index (χ4n) is 2.85. The van der Waals surface area contributed by atoms with Gasteiger partial charge < -0.3 is 14.9 Å². The Morgan fingerprint density at radius 1 is 1.06 bits per heavy atom. The molecule has 2 aliphatic rings. The van der Waals surface area contributed by atoms with Gasteiger partial charge in [0.2, 0.25) is 0 Å². The van der Waals surface area contributed by atoms with E-state index in [4.69, 9.17) is 5.11 Å². The molecule has 0 aromatic heterocycles. The number of hydrogen-bond acceptors (Lipinski definition) is 3. The van der Waals surface area contributed by atoms with Crippen molar-refractivity contribution in [3.63, 3.8) is 0 Å². The standard InChI is InChI=1S/C12H23N3O2/c1-13-7-3-11(4-8-13)14-5-2-6-15(10-9-14)12(16)17/h11H,2-10H2,1H3,(H,16,17). The molecule has 0 radical (unpaired) electrons. The van der Waals surface area contributed by atoms with Crippen molar-refractivity contribution in [3.8, 4) is 0 Å². The van der Waals surface area contributed by atoms with Crippen molar-refractivity contribution in [2.45, 2.75) is 25.3 Å². The lowest BCUT2D eigenvalue weighted by atomic mass is 10.0. The maximum absolute atomic E-state index is 10.9. The Morgan fingerprint density at radius 3 is 2.41 bits per heavy atom. The Balaban J connectivity index is 1.84. The fraction of sp³-hybridized carbons (Fsp3) is 0.917. The van der Waals surface area contributed by atoms with Gasteiger partial charge in [0.1, 0.15) is 0 Å². The number of rotatable bonds is 1. The second-order valence-corrected chi connectivity index (χ2v) is 5.19. The number of carbonyl (C=O) groups is 1. The lowest BCUT2D eigenvalue weighted by Gasteiger charge is -2.36. The van der Waals surface area contributed by atoms with Crippen molar-refractivity contribution in [1.82, 2.24) is 14.7 Å². The molecule has 2 fully saturated rings. The molecule has 5 heteroatoms. The van der Waals surface area contributed by atoms with Gasteiger partial charge in [-0.05, 0) is 39.4 Å². The van der Waals surface area contributed by atoms with Gasteiger partial charge in [-0.25, -0.2) is 4.79 Å². The molecule has 0 bridgehead atoms. The van der Waals surface area contributed by atoms with Crippen molar-refractivity contribution in [2.75, 3.05) is 46.3 Å². The van der Waals surface area contributed by atoms with Crippen molar-refractivity contribution in [3.05, 3.63) is 0 Å². The molecule has 17 heavy (non-hydrogen) atoms. The molecule has 0 unspecified atom stereocenters. The fourth-order valence-corrected chi connectivity index (χ4v) is 2.85. The summed E-state index contributed by atoms with van der Waals surface area (Å²) in [4.78, 5) is 17.4. The van der Waals surface area contributed by atoms with Crippen LogP contribution < -0.4 is 0 Å². The van der Waals surface area contributed by atoms with E-state index in [9.17, 15) is 4.79 Å². The summed E-state index contributed by atoms with van der Waals surface area (Å²) in [5.41, 5.74) is 0. The third-order valence-corrected chi connectivity index (χ3v) is 4.01. The number of piperidine rings is 1. The van der Waals surface area contributed by atoms with Gasteiger partial charge in [-0.15, -0.1) is 0 Å². The first-order chi connectivity index (χ1) is 8.16. The van der Waals surface area contributed by atoms with E-state index in [1.165, 1.54) is 25.9 Å². The molecular weight excluding hydrogens is 218 g/mol. The minimum atomic E-state index is -0.768. The Labute approximate surface area is 103 Å². The predicted octanol–water partition coefficient (Wildman–Crippen LogP) is 0.766. The van der Waals surface area contributed by atoms with E-state index < -0.39 is 6.09 Å². The van der Waals surface area contributed by atoms with Crippen LogP contribution in [-0.2, 0) is 0 Å². The molecule has 0 aromatic carbocycles. The van der Waals surface area contributed by atoms with Crippen LogP contribution in [0.15, 0.2) is 0 Å². The average Bonchev–Trinajstić information content (AvgIpc) is 2.55. The molecule has 0 aromatic rings. The average molecular weight is 241 g/mol. The molecule has 2 saturated heterocycles. The SMILES string of the molecule is CN1CCC(N2CCCN(C(=O)O)CC2)CC1. The topological polar surface area (TPSA) is 47.0 Å². The molecule has 0 aliphatic carbocycles. The van der Waals surface area contributed by atoms with Crippen LogP contribution in [0.4, 0.5) is 4.79 Å². The highest BCUT2D eigenvalue weighted by Crippen LogP contribution is 2.17. The quantitative estimate of drug-likeness (QED) is 0.736. The Kier molecular flexibility index (Phi) is 4.23. The van der Waals surface area contributed by atoms with Gasteiger partial charge in [-0.2, -0.15) is 0 Å². The van der Waals surface area contributed by atoms with Gasteiger partial charge in [0.05, 0.1) is 0 Å². The lowest BCUT2D eigenvalue weighted by molar-refractivity contribution is 0.119. The highest BCUT2D eigenvalue weighted by Gasteiger charge is 2.26. The van der Waals surface area contributed by atoms with E-state index in [2.05, 4.69) is 16.8 Å². The first kappa shape index (κ1) is 12.6. The van der Waals surface area contributed by atoms with Crippen molar-refractivity contribution < 1.29 is 9.90 Å². The molecule has 2 heterocycles. The van der Waals surface area contributed by atoms with Crippen molar-refractivity contribution in [2.24, 2.45) is 0 Å². The summed E-state index contributed by atoms with van der Waals surface area (Å²) in [6, 6.07) is 0.667. The van der Waals surface area contributed by atoms with E-state index in [1.807, 2.05) is 0 Å². The van der Waals surface area contributed by atoms with Crippen molar-refractivity contribution in [1.29, 1.82) is 0 Å². The summed E-state index contributed by atoms with van der Waals surface area (Å²) < 4.78 is 0. The summed E-state index contributed by atoms with van der Waals surface area (Å²) in [7, 11) is 2.17. The van der Waals surface area contributed by atoms with E-state index in [-0.39, 0.29) is 0 Å². The zero-order valence-corrected chi connectivity index (χ0v) is 10.6. The summed E-state index contributed by atoms with van der Waals surface area (Å²) in [6.45, 7) is 5.66. The summed E-state index contributed by atoms with van der Waals surface area (Å²) in [5, 5.41) is 9.00. The van der Waals surface area contributed by atoms with Crippen LogP contribution >= 0.6 is 0 Å². The molecule has 0 saturated carbocycles. The van der Waals surface area contributed by atoms with Gasteiger partial charge in [0, 0.05) is 32.2 Å². The molecule has 1 amide bonds. The molecule has 2 aliphatic heterocycles. The first-order valence-corrected chi connectivity index (χ1v) is 6.57. The van der Waals surface area contributed by atoms with Gasteiger partial charge >= 0.3 is 6.09 Å². The maximum atomic E-state index is 10.9. The molecule has 2 rings (SSSR count). The third kappa shape index (κ3) is 3.33. The summed E-state index contributed by atoms with van der Waals surface area (Å²) in [5.74, 6) is 0. The van der Waals surface area contributed by atoms with E-state index in [0.29, 0.717) is 19.1 Å². The highest BCUT2D eigenvalue weighted by atomic mass is 16.4. The number of carboxylic acid groups (broad SMARTS) is 1. The summed E-state index contributed by atoms with van der Waals surface area (Å²) >= 11 is 0. The Bertz CT molecular complexity index is 264. The monoisotopic (exact) mass is 241 g/mol. The van der Waals surface area contributed by atoms with Crippen LogP contribution in [0.1, 0.15) is 19.3 Å². The van der Waals surface area contributed by atoms with Crippen LogP contribution in [0.3, 0.4) is 0 Å². The number of likely N-dealkylation sites (tertiary alicyclic amines) is 1. The lowest BCUT2D eigenvalue weighted by Crippen LogP contribution is -2.45. The normalized spacial score (nSPS) is 25.8. The van der Waals surface area contributed by atoms with Crippen LogP contribution in [0, 0.1) is 0 Å². The van der Waals surface area contributed by atoms with Crippen molar-refractivity contribution >= 4 is 6.09 Å². The molecule has 98 valence electrons. The summed E-state index contributed by atoms with van der Waals surface area (Å²) in [6.07, 6.45) is 2.65. The molecule has 0 spiro atoms.